The molecule has 1 atom stereocenters. The maximum Gasteiger partial charge on any atom is 0.508 e. The molecule has 4 aliphatic rings. The maximum atomic E-state index is 12.0. The molecule has 0 aliphatic heterocycles. The SMILES string of the molecule is CCCC[P+](=O)OC12CC3CC(CC(C3)C1)C2. The quantitative estimate of drug-likeness (QED) is 0.675. The van der Waals surface area contributed by atoms with Crippen molar-refractivity contribution in [1.82, 2.24) is 0 Å². The lowest BCUT2D eigenvalue weighted by Crippen LogP contribution is -2.51. The van der Waals surface area contributed by atoms with Crippen LogP contribution in [0.5, 0.6) is 0 Å². The number of hydrogen-bond acceptors (Lipinski definition) is 2. The van der Waals surface area contributed by atoms with Crippen molar-refractivity contribution < 1.29 is 9.09 Å². The van der Waals surface area contributed by atoms with E-state index >= 15 is 0 Å². The Labute approximate surface area is 105 Å². The van der Waals surface area contributed by atoms with Crippen molar-refractivity contribution in [2.24, 2.45) is 17.8 Å². The van der Waals surface area contributed by atoms with Crippen molar-refractivity contribution in [2.45, 2.75) is 63.9 Å². The molecule has 3 heteroatoms. The molecule has 4 aliphatic carbocycles. The molecule has 4 fully saturated rings. The van der Waals surface area contributed by atoms with Gasteiger partial charge >= 0.3 is 8.03 Å². The van der Waals surface area contributed by atoms with Crippen LogP contribution < -0.4 is 0 Å². The molecular formula is C14H24O2P+. The van der Waals surface area contributed by atoms with E-state index in [4.69, 9.17) is 4.52 Å². The van der Waals surface area contributed by atoms with Crippen molar-refractivity contribution >= 4 is 8.03 Å². The van der Waals surface area contributed by atoms with Crippen LogP contribution in [0.15, 0.2) is 0 Å². The van der Waals surface area contributed by atoms with Crippen LogP contribution in [-0.4, -0.2) is 11.8 Å². The minimum absolute atomic E-state index is 0.0376. The summed E-state index contributed by atoms with van der Waals surface area (Å²) in [5.74, 6) is 2.66. The van der Waals surface area contributed by atoms with E-state index < -0.39 is 8.03 Å². The molecule has 0 N–H and O–H groups in total. The van der Waals surface area contributed by atoms with E-state index in [0.717, 1.165) is 36.8 Å². The van der Waals surface area contributed by atoms with Crippen molar-refractivity contribution in [2.75, 3.05) is 6.16 Å². The average molecular weight is 255 g/mol. The van der Waals surface area contributed by atoms with Gasteiger partial charge in [0, 0.05) is 0 Å². The first kappa shape index (κ1) is 12.1. The van der Waals surface area contributed by atoms with Crippen molar-refractivity contribution in [3.8, 4) is 0 Å². The topological polar surface area (TPSA) is 26.3 Å². The average Bonchev–Trinajstić information content (AvgIpc) is 2.23. The summed E-state index contributed by atoms with van der Waals surface area (Å²) in [6.45, 7) is 2.15. The minimum atomic E-state index is -1.40. The molecule has 17 heavy (non-hydrogen) atoms. The van der Waals surface area contributed by atoms with Crippen molar-refractivity contribution in [3.05, 3.63) is 0 Å². The lowest BCUT2D eigenvalue weighted by atomic mass is 9.54. The van der Waals surface area contributed by atoms with Gasteiger partial charge in [-0.05, 0) is 67.3 Å². The van der Waals surface area contributed by atoms with Gasteiger partial charge < -0.3 is 0 Å². The predicted octanol–water partition coefficient (Wildman–Crippen LogP) is 4.51. The Morgan fingerprint density at radius 1 is 1.12 bits per heavy atom. The highest BCUT2D eigenvalue weighted by atomic mass is 31.1. The zero-order valence-electron chi connectivity index (χ0n) is 10.9. The van der Waals surface area contributed by atoms with Gasteiger partial charge in [-0.15, -0.1) is 4.52 Å². The molecule has 4 saturated carbocycles. The molecule has 0 amide bonds. The van der Waals surface area contributed by atoms with E-state index in [1.807, 2.05) is 0 Å². The van der Waals surface area contributed by atoms with Gasteiger partial charge in [-0.1, -0.05) is 13.3 Å². The van der Waals surface area contributed by atoms with Crippen LogP contribution in [0.2, 0.25) is 0 Å². The standard InChI is InChI=1S/C14H24O2P/c1-2-3-4-17(15)16-14-8-11-5-12(9-14)7-13(6-11)10-14/h11-13H,2-10H2,1H3/q+1. The summed E-state index contributed by atoms with van der Waals surface area (Å²) in [7, 11) is -1.40. The molecule has 0 spiro atoms. The second kappa shape index (κ2) is 4.63. The minimum Gasteiger partial charge on any atom is -0.140 e. The summed E-state index contributed by atoms with van der Waals surface area (Å²) in [6.07, 6.45) is 10.8. The lowest BCUT2D eigenvalue weighted by Gasteiger charge is -2.53. The molecule has 96 valence electrons. The molecule has 0 heterocycles. The number of unbranched alkanes of at least 4 members (excludes halogenated alkanes) is 1. The second-order valence-corrected chi connectivity index (χ2v) is 7.90. The first-order valence-electron chi connectivity index (χ1n) is 7.33. The summed E-state index contributed by atoms with van der Waals surface area (Å²) in [6, 6.07) is 0. The summed E-state index contributed by atoms with van der Waals surface area (Å²) in [4.78, 5) is 0. The van der Waals surface area contributed by atoms with Crippen LogP contribution in [0, 0.1) is 17.8 Å². The van der Waals surface area contributed by atoms with Crippen LogP contribution in [0.3, 0.4) is 0 Å². The smallest absolute Gasteiger partial charge is 0.140 e. The predicted molar refractivity (Wildman–Crippen MR) is 69.4 cm³/mol. The molecular weight excluding hydrogens is 231 g/mol. The van der Waals surface area contributed by atoms with Gasteiger partial charge in [0.25, 0.3) is 0 Å². The first-order valence-corrected chi connectivity index (χ1v) is 8.69. The Morgan fingerprint density at radius 2 is 1.65 bits per heavy atom. The van der Waals surface area contributed by atoms with E-state index in [0.29, 0.717) is 0 Å². The van der Waals surface area contributed by atoms with Crippen molar-refractivity contribution in [3.63, 3.8) is 0 Å². The molecule has 1 unspecified atom stereocenters. The fraction of sp³-hybridized carbons (Fsp3) is 1.00. The largest absolute Gasteiger partial charge is 0.508 e. The number of hydrogen-bond donors (Lipinski definition) is 0. The lowest BCUT2D eigenvalue weighted by molar-refractivity contribution is -0.104. The van der Waals surface area contributed by atoms with Crippen LogP contribution >= 0.6 is 8.03 Å². The fourth-order valence-electron chi connectivity index (χ4n) is 4.69. The van der Waals surface area contributed by atoms with E-state index in [2.05, 4.69) is 6.92 Å². The van der Waals surface area contributed by atoms with Crippen LogP contribution in [0.1, 0.15) is 58.3 Å². The first-order chi connectivity index (χ1) is 8.19. The zero-order valence-corrected chi connectivity index (χ0v) is 11.8. The molecule has 2 nitrogen and oxygen atoms in total. The molecule has 0 aromatic heterocycles. The van der Waals surface area contributed by atoms with Crippen LogP contribution in [0.25, 0.3) is 0 Å². The van der Waals surface area contributed by atoms with E-state index in [-0.39, 0.29) is 5.60 Å². The Kier molecular flexibility index (Phi) is 3.30. The molecule has 0 aromatic carbocycles. The van der Waals surface area contributed by atoms with Crippen LogP contribution in [-0.2, 0) is 9.09 Å². The van der Waals surface area contributed by atoms with Gasteiger partial charge in [0.15, 0.2) is 6.16 Å². The van der Waals surface area contributed by atoms with Gasteiger partial charge in [-0.3, -0.25) is 0 Å². The molecule has 0 radical (unpaired) electrons. The summed E-state index contributed by atoms with van der Waals surface area (Å²) in [5.41, 5.74) is 0.0376. The Bertz CT molecular complexity index is 278. The van der Waals surface area contributed by atoms with Gasteiger partial charge in [0.05, 0.1) is 0 Å². The third kappa shape index (κ3) is 2.44. The van der Waals surface area contributed by atoms with E-state index in [9.17, 15) is 4.57 Å². The highest BCUT2D eigenvalue weighted by Gasteiger charge is 2.55. The third-order valence-electron chi connectivity index (χ3n) is 4.97. The summed E-state index contributed by atoms with van der Waals surface area (Å²) < 4.78 is 18.1. The molecule has 4 rings (SSSR count). The van der Waals surface area contributed by atoms with Crippen LogP contribution in [0.4, 0.5) is 0 Å². The van der Waals surface area contributed by atoms with Gasteiger partial charge in [0.2, 0.25) is 0 Å². The van der Waals surface area contributed by atoms with Gasteiger partial charge in [0.1, 0.15) is 5.60 Å². The third-order valence-corrected chi connectivity index (χ3v) is 6.24. The Morgan fingerprint density at radius 3 is 2.12 bits per heavy atom. The van der Waals surface area contributed by atoms with E-state index in [1.165, 1.54) is 38.5 Å². The van der Waals surface area contributed by atoms with E-state index in [1.54, 1.807) is 0 Å². The van der Waals surface area contributed by atoms with Crippen molar-refractivity contribution in [1.29, 1.82) is 0 Å². The zero-order chi connectivity index (χ0) is 11.9. The highest BCUT2D eigenvalue weighted by molar-refractivity contribution is 7.39. The normalized spacial score (nSPS) is 44.1. The monoisotopic (exact) mass is 255 g/mol. The highest BCUT2D eigenvalue weighted by Crippen LogP contribution is 2.59. The summed E-state index contributed by atoms with van der Waals surface area (Å²) in [5, 5.41) is 0. The van der Waals surface area contributed by atoms with Gasteiger partial charge in [-0.25, -0.2) is 0 Å². The Balaban J connectivity index is 1.64. The Hall–Kier alpha value is 0.0600. The molecule has 0 aromatic rings. The second-order valence-electron chi connectivity index (χ2n) is 6.60. The fourth-order valence-corrected chi connectivity index (χ4v) is 6.01. The van der Waals surface area contributed by atoms with Gasteiger partial charge in [-0.2, -0.15) is 0 Å². The summed E-state index contributed by atoms with van der Waals surface area (Å²) >= 11 is 0. The maximum absolute atomic E-state index is 12.0. The number of rotatable bonds is 5. The molecule has 4 bridgehead atoms. The molecule has 0 saturated heterocycles.